The van der Waals surface area contributed by atoms with Crippen molar-refractivity contribution >= 4 is 11.6 Å². The Morgan fingerprint density at radius 2 is 2.13 bits per heavy atom. The second kappa shape index (κ2) is 4.11. The minimum absolute atomic E-state index is 0.268. The molecule has 0 bridgehead atoms. The molecule has 0 aliphatic carbocycles. The Bertz CT molecular complexity index is 367. The van der Waals surface area contributed by atoms with Gasteiger partial charge in [-0.25, -0.2) is 4.39 Å². The van der Waals surface area contributed by atoms with Gasteiger partial charge >= 0.3 is 0 Å². The van der Waals surface area contributed by atoms with Gasteiger partial charge in [0.05, 0.1) is 0 Å². The molecule has 1 aromatic carbocycles. The van der Waals surface area contributed by atoms with Crippen LogP contribution >= 0.6 is 11.6 Å². The molecule has 1 aromatic rings. The van der Waals surface area contributed by atoms with E-state index in [9.17, 15) is 4.39 Å². The summed E-state index contributed by atoms with van der Waals surface area (Å²) in [6.45, 7) is 4.31. The van der Waals surface area contributed by atoms with Crippen LogP contribution < -0.4 is 5.32 Å². The van der Waals surface area contributed by atoms with E-state index in [2.05, 4.69) is 19.2 Å². The van der Waals surface area contributed by atoms with E-state index < -0.39 is 0 Å². The zero-order valence-corrected chi connectivity index (χ0v) is 9.68. The van der Waals surface area contributed by atoms with Gasteiger partial charge in [0, 0.05) is 23.0 Å². The van der Waals surface area contributed by atoms with E-state index in [0.717, 1.165) is 12.0 Å². The van der Waals surface area contributed by atoms with Gasteiger partial charge < -0.3 is 5.32 Å². The largest absolute Gasteiger partial charge is 0.311 e. The van der Waals surface area contributed by atoms with Crippen molar-refractivity contribution in [3.8, 4) is 0 Å². The van der Waals surface area contributed by atoms with Crippen LogP contribution in [-0.4, -0.2) is 12.1 Å². The van der Waals surface area contributed by atoms with Crippen LogP contribution in [-0.2, 0) is 0 Å². The summed E-state index contributed by atoms with van der Waals surface area (Å²) in [5.41, 5.74) is 1.06. The number of benzene rings is 1. The Balaban J connectivity index is 2.29. The van der Waals surface area contributed by atoms with Crippen LogP contribution in [0.15, 0.2) is 18.2 Å². The van der Waals surface area contributed by atoms with Gasteiger partial charge in [0.25, 0.3) is 0 Å². The Labute approximate surface area is 94.6 Å². The van der Waals surface area contributed by atoms with Crippen LogP contribution in [0.1, 0.15) is 31.7 Å². The van der Waals surface area contributed by atoms with Crippen LogP contribution in [0.25, 0.3) is 0 Å². The Morgan fingerprint density at radius 1 is 1.40 bits per heavy atom. The molecule has 1 nitrogen and oxygen atoms in total. The van der Waals surface area contributed by atoms with E-state index in [1.165, 1.54) is 12.1 Å². The first kappa shape index (κ1) is 10.9. The van der Waals surface area contributed by atoms with Crippen molar-refractivity contribution in [1.82, 2.24) is 5.32 Å². The molecule has 2 rings (SSSR count). The van der Waals surface area contributed by atoms with Gasteiger partial charge in [-0.3, -0.25) is 0 Å². The summed E-state index contributed by atoms with van der Waals surface area (Å²) in [5, 5.41) is 4.00. The van der Waals surface area contributed by atoms with E-state index in [0.29, 0.717) is 23.0 Å². The molecule has 1 aliphatic rings. The number of hydrogen-bond acceptors (Lipinski definition) is 1. The standard InChI is InChI=1S/C12H15ClFN/c1-7-5-11(8(2)15-7)10-4-3-9(14)6-12(10)13/h3-4,6-8,11,15H,5H2,1-2H3. The van der Waals surface area contributed by atoms with Crippen molar-refractivity contribution in [3.05, 3.63) is 34.6 Å². The fourth-order valence-electron chi connectivity index (χ4n) is 2.42. The normalized spacial score (nSPS) is 30.8. The fourth-order valence-corrected chi connectivity index (χ4v) is 2.72. The maximum Gasteiger partial charge on any atom is 0.124 e. The highest BCUT2D eigenvalue weighted by molar-refractivity contribution is 6.31. The van der Waals surface area contributed by atoms with Gasteiger partial charge in [0.1, 0.15) is 5.82 Å². The minimum atomic E-state index is -0.268. The third-order valence-electron chi connectivity index (χ3n) is 3.12. The molecule has 1 heterocycles. The highest BCUT2D eigenvalue weighted by Gasteiger charge is 2.30. The van der Waals surface area contributed by atoms with Crippen LogP contribution in [0.3, 0.4) is 0 Å². The summed E-state index contributed by atoms with van der Waals surface area (Å²) in [6, 6.07) is 5.59. The lowest BCUT2D eigenvalue weighted by Crippen LogP contribution is -2.26. The molecular formula is C12H15ClFN. The van der Waals surface area contributed by atoms with E-state index in [1.807, 2.05) is 0 Å². The molecule has 1 N–H and O–H groups in total. The number of rotatable bonds is 1. The topological polar surface area (TPSA) is 12.0 Å². The molecule has 0 radical (unpaired) electrons. The smallest absolute Gasteiger partial charge is 0.124 e. The number of halogens is 2. The Morgan fingerprint density at radius 3 is 2.67 bits per heavy atom. The van der Waals surface area contributed by atoms with Crippen LogP contribution in [0.5, 0.6) is 0 Å². The number of nitrogens with one attached hydrogen (secondary N) is 1. The summed E-state index contributed by atoms with van der Waals surface area (Å²) >= 11 is 6.05. The molecule has 3 atom stereocenters. The first-order valence-corrected chi connectivity index (χ1v) is 5.66. The van der Waals surface area contributed by atoms with Crippen molar-refractivity contribution in [1.29, 1.82) is 0 Å². The summed E-state index contributed by atoms with van der Waals surface area (Å²) in [7, 11) is 0. The van der Waals surface area contributed by atoms with E-state index >= 15 is 0 Å². The molecular weight excluding hydrogens is 213 g/mol. The second-order valence-electron chi connectivity index (χ2n) is 4.36. The predicted molar refractivity (Wildman–Crippen MR) is 60.8 cm³/mol. The van der Waals surface area contributed by atoms with Gasteiger partial charge in [0.2, 0.25) is 0 Å². The quantitative estimate of drug-likeness (QED) is 0.776. The molecule has 1 saturated heterocycles. The van der Waals surface area contributed by atoms with Gasteiger partial charge in [-0.15, -0.1) is 0 Å². The van der Waals surface area contributed by atoms with Crippen LogP contribution in [0.4, 0.5) is 4.39 Å². The second-order valence-corrected chi connectivity index (χ2v) is 4.77. The molecule has 15 heavy (non-hydrogen) atoms. The maximum atomic E-state index is 12.9. The van der Waals surface area contributed by atoms with Crippen molar-refractivity contribution in [2.24, 2.45) is 0 Å². The monoisotopic (exact) mass is 227 g/mol. The minimum Gasteiger partial charge on any atom is -0.311 e. The first-order valence-electron chi connectivity index (χ1n) is 5.29. The van der Waals surface area contributed by atoms with Crippen molar-refractivity contribution in [3.63, 3.8) is 0 Å². The SMILES string of the molecule is CC1CC(c2ccc(F)cc2Cl)C(C)N1. The molecule has 1 fully saturated rings. The van der Waals surface area contributed by atoms with E-state index in [4.69, 9.17) is 11.6 Å². The fraction of sp³-hybridized carbons (Fsp3) is 0.500. The third kappa shape index (κ3) is 2.16. The average molecular weight is 228 g/mol. The first-order chi connectivity index (χ1) is 7.08. The summed E-state index contributed by atoms with van der Waals surface area (Å²) < 4.78 is 12.9. The molecule has 0 aromatic heterocycles. The zero-order valence-electron chi connectivity index (χ0n) is 8.93. The van der Waals surface area contributed by atoms with Gasteiger partial charge in [-0.2, -0.15) is 0 Å². The van der Waals surface area contributed by atoms with Crippen LogP contribution in [0.2, 0.25) is 5.02 Å². The third-order valence-corrected chi connectivity index (χ3v) is 3.45. The van der Waals surface area contributed by atoms with Crippen molar-refractivity contribution in [2.45, 2.75) is 38.3 Å². The van der Waals surface area contributed by atoms with Gasteiger partial charge in [-0.05, 0) is 38.0 Å². The highest BCUT2D eigenvalue weighted by atomic mass is 35.5. The zero-order chi connectivity index (χ0) is 11.0. The van der Waals surface area contributed by atoms with Gasteiger partial charge in [0.15, 0.2) is 0 Å². The molecule has 0 amide bonds. The van der Waals surface area contributed by atoms with Crippen molar-refractivity contribution < 1.29 is 4.39 Å². The lowest BCUT2D eigenvalue weighted by Gasteiger charge is -2.16. The highest BCUT2D eigenvalue weighted by Crippen LogP contribution is 2.34. The molecule has 82 valence electrons. The Hall–Kier alpha value is -0.600. The summed E-state index contributed by atoms with van der Waals surface area (Å²) in [5.74, 6) is 0.128. The molecule has 3 heteroatoms. The molecule has 3 unspecified atom stereocenters. The van der Waals surface area contributed by atoms with E-state index in [-0.39, 0.29) is 5.82 Å². The average Bonchev–Trinajstić information content (AvgIpc) is 2.45. The lowest BCUT2D eigenvalue weighted by atomic mass is 9.92. The maximum absolute atomic E-state index is 12.9. The lowest BCUT2D eigenvalue weighted by molar-refractivity contribution is 0.573. The van der Waals surface area contributed by atoms with E-state index in [1.54, 1.807) is 6.07 Å². The summed E-state index contributed by atoms with van der Waals surface area (Å²) in [4.78, 5) is 0. The molecule has 0 saturated carbocycles. The predicted octanol–water partition coefficient (Wildman–Crippen LogP) is 3.33. The van der Waals surface area contributed by atoms with Crippen molar-refractivity contribution in [2.75, 3.05) is 0 Å². The van der Waals surface area contributed by atoms with Crippen LogP contribution in [0, 0.1) is 5.82 Å². The number of hydrogen-bond donors (Lipinski definition) is 1. The van der Waals surface area contributed by atoms with Gasteiger partial charge in [-0.1, -0.05) is 17.7 Å². The molecule has 0 spiro atoms. The molecule has 1 aliphatic heterocycles. The Kier molecular flexibility index (Phi) is 2.98. The summed E-state index contributed by atoms with van der Waals surface area (Å²) in [6.07, 6.45) is 1.06.